The van der Waals surface area contributed by atoms with Gasteiger partial charge in [0.05, 0.1) is 6.61 Å². The highest BCUT2D eigenvalue weighted by molar-refractivity contribution is 5.26. The summed E-state index contributed by atoms with van der Waals surface area (Å²) in [5.74, 6) is 0. The van der Waals surface area contributed by atoms with Crippen molar-refractivity contribution in [2.24, 2.45) is 0 Å². The highest BCUT2D eigenvalue weighted by Gasteiger charge is 2.11. The first kappa shape index (κ1) is 13.8. The van der Waals surface area contributed by atoms with Crippen molar-refractivity contribution in [3.05, 3.63) is 71.3 Å². The van der Waals surface area contributed by atoms with Crippen LogP contribution in [0.15, 0.2) is 54.6 Å². The van der Waals surface area contributed by atoms with Gasteiger partial charge in [-0.25, -0.2) is 0 Å². The van der Waals surface area contributed by atoms with Gasteiger partial charge < -0.3 is 10.4 Å². The van der Waals surface area contributed by atoms with Gasteiger partial charge in [-0.1, -0.05) is 54.6 Å². The van der Waals surface area contributed by atoms with Crippen LogP contribution in [-0.4, -0.2) is 5.11 Å². The second-order valence-corrected chi connectivity index (χ2v) is 4.92. The highest BCUT2D eigenvalue weighted by Crippen LogP contribution is 2.20. The van der Waals surface area contributed by atoms with Crippen LogP contribution in [0.25, 0.3) is 0 Å². The van der Waals surface area contributed by atoms with Gasteiger partial charge in [-0.15, -0.1) is 0 Å². The molecular formula is C17H21NO. The van der Waals surface area contributed by atoms with Crippen LogP contribution >= 0.6 is 0 Å². The van der Waals surface area contributed by atoms with Gasteiger partial charge in [0.1, 0.15) is 0 Å². The summed E-state index contributed by atoms with van der Waals surface area (Å²) in [6, 6.07) is 19.0. The van der Waals surface area contributed by atoms with E-state index >= 15 is 0 Å². The Bertz CT molecular complexity index is 510. The van der Waals surface area contributed by atoms with Crippen molar-refractivity contribution in [3.8, 4) is 0 Å². The van der Waals surface area contributed by atoms with Gasteiger partial charge >= 0.3 is 0 Å². The number of aliphatic hydroxyl groups is 1. The van der Waals surface area contributed by atoms with Crippen LogP contribution in [0.2, 0.25) is 0 Å². The maximum absolute atomic E-state index is 9.18. The van der Waals surface area contributed by atoms with Crippen molar-refractivity contribution in [1.29, 1.82) is 0 Å². The average molecular weight is 255 g/mol. The standard InChI is InChI=1S/C17H21NO/c1-13(16-8-4-3-5-9-16)18-14(2)17-10-6-7-15(11-17)12-19/h3-11,13-14,18-19H,12H2,1-2H3. The maximum atomic E-state index is 9.18. The Morgan fingerprint density at radius 3 is 2.21 bits per heavy atom. The van der Waals surface area contributed by atoms with Crippen LogP contribution in [0, 0.1) is 0 Å². The Balaban J connectivity index is 2.06. The van der Waals surface area contributed by atoms with Crippen LogP contribution in [0.4, 0.5) is 0 Å². The summed E-state index contributed by atoms with van der Waals surface area (Å²) in [5, 5.41) is 12.8. The third-order valence-electron chi connectivity index (χ3n) is 3.43. The Hall–Kier alpha value is -1.64. The second-order valence-electron chi connectivity index (χ2n) is 4.92. The maximum Gasteiger partial charge on any atom is 0.0681 e. The van der Waals surface area contributed by atoms with E-state index in [0.717, 1.165) is 5.56 Å². The van der Waals surface area contributed by atoms with Crippen molar-refractivity contribution in [1.82, 2.24) is 5.32 Å². The molecule has 0 saturated heterocycles. The van der Waals surface area contributed by atoms with E-state index < -0.39 is 0 Å². The summed E-state index contributed by atoms with van der Waals surface area (Å²) < 4.78 is 0. The van der Waals surface area contributed by atoms with Gasteiger partial charge in [0.2, 0.25) is 0 Å². The fraction of sp³-hybridized carbons (Fsp3) is 0.294. The van der Waals surface area contributed by atoms with Crippen molar-refractivity contribution >= 4 is 0 Å². The topological polar surface area (TPSA) is 32.3 Å². The minimum atomic E-state index is 0.0921. The molecule has 0 fully saturated rings. The number of aliphatic hydroxyl groups excluding tert-OH is 1. The van der Waals surface area contributed by atoms with E-state index in [1.165, 1.54) is 11.1 Å². The Morgan fingerprint density at radius 1 is 0.895 bits per heavy atom. The molecule has 100 valence electrons. The SMILES string of the molecule is CC(NC(C)c1cccc(CO)c1)c1ccccc1. The molecule has 0 aliphatic rings. The summed E-state index contributed by atoms with van der Waals surface area (Å²) in [5.41, 5.74) is 3.44. The third kappa shape index (κ3) is 3.66. The predicted octanol–water partition coefficient (Wildman–Crippen LogP) is 3.59. The molecule has 2 aromatic carbocycles. The lowest BCUT2D eigenvalue weighted by Gasteiger charge is -2.21. The molecule has 0 aliphatic heterocycles. The Morgan fingerprint density at radius 2 is 1.53 bits per heavy atom. The smallest absolute Gasteiger partial charge is 0.0681 e. The van der Waals surface area contributed by atoms with E-state index in [-0.39, 0.29) is 12.6 Å². The van der Waals surface area contributed by atoms with E-state index in [2.05, 4.69) is 55.6 Å². The van der Waals surface area contributed by atoms with Crippen LogP contribution in [-0.2, 0) is 6.61 Å². The van der Waals surface area contributed by atoms with Crippen molar-refractivity contribution in [2.75, 3.05) is 0 Å². The van der Waals surface area contributed by atoms with Crippen LogP contribution < -0.4 is 5.32 Å². The largest absolute Gasteiger partial charge is 0.392 e. The molecule has 0 spiro atoms. The Kier molecular flexibility index (Phi) is 4.72. The lowest BCUT2D eigenvalue weighted by molar-refractivity contribution is 0.281. The number of nitrogens with one attached hydrogen (secondary N) is 1. The van der Waals surface area contributed by atoms with Crippen molar-refractivity contribution in [3.63, 3.8) is 0 Å². The van der Waals surface area contributed by atoms with Gasteiger partial charge in [0, 0.05) is 12.1 Å². The highest BCUT2D eigenvalue weighted by atomic mass is 16.3. The molecule has 2 heteroatoms. The molecule has 0 radical (unpaired) electrons. The van der Waals surface area contributed by atoms with E-state index in [4.69, 9.17) is 0 Å². The van der Waals surface area contributed by atoms with Crippen molar-refractivity contribution < 1.29 is 5.11 Å². The average Bonchev–Trinajstić information content (AvgIpc) is 2.48. The molecule has 0 amide bonds. The summed E-state index contributed by atoms with van der Waals surface area (Å²) in [6.45, 7) is 4.41. The first-order valence-corrected chi connectivity index (χ1v) is 6.71. The van der Waals surface area contributed by atoms with Crippen LogP contribution in [0.3, 0.4) is 0 Å². The third-order valence-corrected chi connectivity index (χ3v) is 3.43. The number of benzene rings is 2. The predicted molar refractivity (Wildman–Crippen MR) is 78.8 cm³/mol. The van der Waals surface area contributed by atoms with Gasteiger partial charge in [0.25, 0.3) is 0 Å². The summed E-state index contributed by atoms with van der Waals surface area (Å²) in [7, 11) is 0. The molecule has 0 bridgehead atoms. The number of rotatable bonds is 5. The van der Waals surface area contributed by atoms with Crippen LogP contribution in [0.5, 0.6) is 0 Å². The molecule has 2 atom stereocenters. The van der Waals surface area contributed by atoms with E-state index in [1.54, 1.807) is 0 Å². The quantitative estimate of drug-likeness (QED) is 0.855. The zero-order valence-corrected chi connectivity index (χ0v) is 11.5. The lowest BCUT2D eigenvalue weighted by atomic mass is 10.0. The molecule has 2 N–H and O–H groups in total. The monoisotopic (exact) mass is 255 g/mol. The van der Waals surface area contributed by atoms with E-state index in [1.807, 2.05) is 18.2 Å². The first-order chi connectivity index (χ1) is 9.20. The summed E-state index contributed by atoms with van der Waals surface area (Å²) >= 11 is 0. The van der Waals surface area contributed by atoms with E-state index in [0.29, 0.717) is 6.04 Å². The number of hydrogen-bond donors (Lipinski definition) is 2. The van der Waals surface area contributed by atoms with Gasteiger partial charge in [-0.3, -0.25) is 0 Å². The van der Waals surface area contributed by atoms with Gasteiger partial charge in [-0.2, -0.15) is 0 Å². The lowest BCUT2D eigenvalue weighted by Crippen LogP contribution is -2.22. The number of hydrogen-bond acceptors (Lipinski definition) is 2. The molecule has 19 heavy (non-hydrogen) atoms. The van der Waals surface area contributed by atoms with Crippen LogP contribution in [0.1, 0.15) is 42.6 Å². The molecule has 0 saturated carbocycles. The molecule has 2 unspecified atom stereocenters. The molecule has 2 rings (SSSR count). The minimum Gasteiger partial charge on any atom is -0.392 e. The molecule has 0 aromatic heterocycles. The first-order valence-electron chi connectivity index (χ1n) is 6.71. The molecular weight excluding hydrogens is 234 g/mol. The minimum absolute atomic E-state index is 0.0921. The zero-order valence-electron chi connectivity index (χ0n) is 11.5. The second kappa shape index (κ2) is 6.50. The molecule has 2 nitrogen and oxygen atoms in total. The van der Waals surface area contributed by atoms with Gasteiger partial charge in [-0.05, 0) is 30.5 Å². The van der Waals surface area contributed by atoms with Crippen molar-refractivity contribution in [2.45, 2.75) is 32.5 Å². The van der Waals surface area contributed by atoms with E-state index in [9.17, 15) is 5.11 Å². The zero-order chi connectivity index (χ0) is 13.7. The normalized spacial score (nSPS) is 14.1. The van der Waals surface area contributed by atoms with Gasteiger partial charge in [0.15, 0.2) is 0 Å². The molecule has 0 aliphatic carbocycles. The molecule has 0 heterocycles. The fourth-order valence-corrected chi connectivity index (χ4v) is 2.27. The fourth-order valence-electron chi connectivity index (χ4n) is 2.27. The molecule has 2 aromatic rings. The summed E-state index contributed by atoms with van der Waals surface area (Å²) in [4.78, 5) is 0. The Labute approximate surface area is 115 Å². The summed E-state index contributed by atoms with van der Waals surface area (Å²) in [6.07, 6.45) is 0.